The van der Waals surface area contributed by atoms with Crippen LogP contribution in [0.15, 0.2) is 38.2 Å². The van der Waals surface area contributed by atoms with E-state index in [2.05, 4.69) is 26.2 Å². The van der Waals surface area contributed by atoms with Crippen molar-refractivity contribution < 1.29 is 13.6 Å². The minimum atomic E-state index is -0.400. The molecule has 130 valence electrons. The third-order valence-electron chi connectivity index (χ3n) is 3.86. The first-order valence-corrected chi connectivity index (χ1v) is 8.34. The molecule has 8 heteroatoms. The second kappa shape index (κ2) is 6.79. The van der Waals surface area contributed by atoms with Gasteiger partial charge in [-0.3, -0.25) is 9.59 Å². The van der Waals surface area contributed by atoms with Crippen molar-refractivity contribution in [3.63, 3.8) is 0 Å². The van der Waals surface area contributed by atoms with Crippen molar-refractivity contribution in [1.29, 1.82) is 0 Å². The van der Waals surface area contributed by atoms with E-state index in [1.807, 2.05) is 0 Å². The molecule has 0 spiro atoms. The summed E-state index contributed by atoms with van der Waals surface area (Å²) in [7, 11) is 1.56. The summed E-state index contributed by atoms with van der Waals surface area (Å²) in [6.45, 7) is 1.96. The van der Waals surface area contributed by atoms with Crippen LogP contribution in [0.25, 0.3) is 11.1 Å². The summed E-state index contributed by atoms with van der Waals surface area (Å²) in [6.07, 6.45) is 1.87. The van der Waals surface area contributed by atoms with Crippen LogP contribution in [0.2, 0.25) is 0 Å². The van der Waals surface area contributed by atoms with Gasteiger partial charge in [0.05, 0.1) is 10.0 Å². The third-order valence-corrected chi connectivity index (χ3v) is 4.47. The molecule has 1 amide bonds. The van der Waals surface area contributed by atoms with Gasteiger partial charge in [-0.15, -0.1) is 0 Å². The SMILES string of the molecule is Cc1oc2ncn(C)c(=O)c2c1C(=O)NCCc1ccc(F)c(Br)c1. The zero-order chi connectivity index (χ0) is 18.1. The predicted octanol–water partition coefficient (Wildman–Crippen LogP) is 2.71. The summed E-state index contributed by atoms with van der Waals surface area (Å²) in [4.78, 5) is 28.8. The van der Waals surface area contributed by atoms with Crippen molar-refractivity contribution in [3.05, 3.63) is 62.1 Å². The van der Waals surface area contributed by atoms with Crippen LogP contribution in [-0.4, -0.2) is 22.0 Å². The maximum atomic E-state index is 13.2. The number of carbonyl (C=O) groups is 1. The minimum Gasteiger partial charge on any atom is -0.442 e. The minimum absolute atomic E-state index is 0.146. The number of aryl methyl sites for hydroxylation is 2. The first kappa shape index (κ1) is 17.3. The van der Waals surface area contributed by atoms with Crippen LogP contribution in [0.5, 0.6) is 0 Å². The van der Waals surface area contributed by atoms with E-state index in [1.165, 1.54) is 17.0 Å². The van der Waals surface area contributed by atoms with E-state index in [1.54, 1.807) is 26.1 Å². The molecule has 0 aliphatic heterocycles. The summed E-state index contributed by atoms with van der Waals surface area (Å²) in [6, 6.07) is 4.69. The highest BCUT2D eigenvalue weighted by molar-refractivity contribution is 9.10. The number of hydrogen-bond donors (Lipinski definition) is 1. The van der Waals surface area contributed by atoms with Crippen LogP contribution >= 0.6 is 15.9 Å². The number of nitrogens with one attached hydrogen (secondary N) is 1. The smallest absolute Gasteiger partial charge is 0.265 e. The molecule has 3 rings (SSSR count). The molecule has 2 heterocycles. The molecule has 0 fully saturated rings. The largest absolute Gasteiger partial charge is 0.442 e. The van der Waals surface area contributed by atoms with Crippen LogP contribution < -0.4 is 10.9 Å². The maximum Gasteiger partial charge on any atom is 0.265 e. The normalized spacial score (nSPS) is 11.0. The number of fused-ring (bicyclic) bond motifs is 1. The number of halogens is 2. The summed E-state index contributed by atoms with van der Waals surface area (Å²) in [5.41, 5.74) is 0.881. The van der Waals surface area contributed by atoms with Gasteiger partial charge in [-0.2, -0.15) is 0 Å². The van der Waals surface area contributed by atoms with Gasteiger partial charge in [0.15, 0.2) is 0 Å². The highest BCUT2D eigenvalue weighted by Crippen LogP contribution is 2.21. The quantitative estimate of drug-likeness (QED) is 0.721. The van der Waals surface area contributed by atoms with Crippen LogP contribution in [0, 0.1) is 12.7 Å². The lowest BCUT2D eigenvalue weighted by Gasteiger charge is -2.06. The van der Waals surface area contributed by atoms with Crippen molar-refractivity contribution in [3.8, 4) is 0 Å². The molecule has 3 aromatic rings. The van der Waals surface area contributed by atoms with E-state index in [-0.39, 0.29) is 28.0 Å². The Hall–Kier alpha value is -2.48. The Kier molecular flexibility index (Phi) is 4.71. The number of carbonyl (C=O) groups excluding carboxylic acids is 1. The van der Waals surface area contributed by atoms with E-state index in [0.717, 1.165) is 5.56 Å². The number of benzene rings is 1. The van der Waals surface area contributed by atoms with E-state index in [4.69, 9.17) is 4.42 Å². The van der Waals surface area contributed by atoms with Gasteiger partial charge in [0, 0.05) is 13.6 Å². The Morgan fingerprint density at radius 2 is 2.20 bits per heavy atom. The van der Waals surface area contributed by atoms with E-state index in [9.17, 15) is 14.0 Å². The maximum absolute atomic E-state index is 13.2. The summed E-state index contributed by atoms with van der Waals surface area (Å²) in [5.74, 6) is -0.396. The Morgan fingerprint density at radius 3 is 2.92 bits per heavy atom. The van der Waals surface area contributed by atoms with Crippen LogP contribution in [0.4, 0.5) is 4.39 Å². The standard InChI is InChI=1S/C17H15BrFN3O3/c1-9-13(14-16(25-9)21-8-22(2)17(14)24)15(23)20-6-5-10-3-4-12(19)11(18)7-10/h3-4,7-8H,5-6H2,1-2H3,(H,20,23). The molecule has 0 saturated carbocycles. The average molecular weight is 408 g/mol. The molecule has 0 atom stereocenters. The number of hydrogen-bond acceptors (Lipinski definition) is 4. The number of amides is 1. The first-order chi connectivity index (χ1) is 11.9. The van der Waals surface area contributed by atoms with Crippen LogP contribution in [-0.2, 0) is 13.5 Å². The van der Waals surface area contributed by atoms with Gasteiger partial charge in [-0.1, -0.05) is 6.07 Å². The zero-order valence-electron chi connectivity index (χ0n) is 13.6. The number of nitrogens with zero attached hydrogens (tertiary/aromatic N) is 2. The number of furan rings is 1. The zero-order valence-corrected chi connectivity index (χ0v) is 15.2. The number of aromatic nitrogens is 2. The highest BCUT2D eigenvalue weighted by atomic mass is 79.9. The fourth-order valence-corrected chi connectivity index (χ4v) is 2.99. The second-order valence-electron chi connectivity index (χ2n) is 5.63. The van der Waals surface area contributed by atoms with Gasteiger partial charge in [0.25, 0.3) is 11.5 Å². The highest BCUT2D eigenvalue weighted by Gasteiger charge is 2.22. The summed E-state index contributed by atoms with van der Waals surface area (Å²) >= 11 is 3.13. The van der Waals surface area contributed by atoms with Gasteiger partial charge in [-0.25, -0.2) is 9.37 Å². The Labute approximate surface area is 150 Å². The van der Waals surface area contributed by atoms with Gasteiger partial charge >= 0.3 is 0 Å². The molecule has 1 aromatic carbocycles. The Bertz CT molecular complexity index is 1030. The Morgan fingerprint density at radius 1 is 1.44 bits per heavy atom. The third kappa shape index (κ3) is 3.34. The van der Waals surface area contributed by atoms with E-state index in [0.29, 0.717) is 23.2 Å². The molecule has 0 saturated heterocycles. The molecule has 0 aliphatic carbocycles. The van der Waals surface area contributed by atoms with Crippen molar-refractivity contribution in [2.24, 2.45) is 7.05 Å². The van der Waals surface area contributed by atoms with E-state index >= 15 is 0 Å². The molecule has 25 heavy (non-hydrogen) atoms. The molecule has 0 unspecified atom stereocenters. The lowest BCUT2D eigenvalue weighted by Crippen LogP contribution is -2.28. The van der Waals surface area contributed by atoms with E-state index < -0.39 is 5.91 Å². The van der Waals surface area contributed by atoms with Gasteiger partial charge in [0.2, 0.25) is 5.71 Å². The number of rotatable bonds is 4. The fourth-order valence-electron chi connectivity index (χ4n) is 2.56. The Balaban J connectivity index is 1.78. The predicted molar refractivity (Wildman–Crippen MR) is 94.1 cm³/mol. The van der Waals surface area contributed by atoms with Crippen LogP contribution in [0.1, 0.15) is 21.7 Å². The lowest BCUT2D eigenvalue weighted by atomic mass is 10.1. The average Bonchev–Trinajstić information content (AvgIpc) is 2.91. The molecule has 0 radical (unpaired) electrons. The van der Waals surface area contributed by atoms with Gasteiger partial charge in [0.1, 0.15) is 23.3 Å². The van der Waals surface area contributed by atoms with Crippen molar-refractivity contribution >= 4 is 32.9 Å². The molecule has 1 N–H and O–H groups in total. The van der Waals surface area contributed by atoms with Crippen molar-refractivity contribution in [2.75, 3.05) is 6.54 Å². The molecular formula is C17H15BrFN3O3. The van der Waals surface area contributed by atoms with Crippen molar-refractivity contribution in [2.45, 2.75) is 13.3 Å². The van der Waals surface area contributed by atoms with Gasteiger partial charge < -0.3 is 14.3 Å². The molecule has 0 bridgehead atoms. The summed E-state index contributed by atoms with van der Waals surface area (Å²) in [5, 5.41) is 2.93. The topological polar surface area (TPSA) is 77.1 Å². The monoisotopic (exact) mass is 407 g/mol. The molecular weight excluding hydrogens is 393 g/mol. The molecule has 2 aromatic heterocycles. The fraction of sp³-hybridized carbons (Fsp3) is 0.235. The summed E-state index contributed by atoms with van der Waals surface area (Å²) < 4.78 is 20.3. The first-order valence-electron chi connectivity index (χ1n) is 7.55. The second-order valence-corrected chi connectivity index (χ2v) is 6.48. The molecule has 0 aliphatic rings. The van der Waals surface area contributed by atoms with Crippen molar-refractivity contribution in [1.82, 2.24) is 14.9 Å². The molecule has 6 nitrogen and oxygen atoms in total. The van der Waals surface area contributed by atoms with Gasteiger partial charge in [-0.05, 0) is 47.0 Å². The lowest BCUT2D eigenvalue weighted by molar-refractivity contribution is 0.0954. The van der Waals surface area contributed by atoms with Crippen LogP contribution in [0.3, 0.4) is 0 Å².